The number of fused-ring (bicyclic) bond motifs is 1. The highest BCUT2D eigenvalue weighted by molar-refractivity contribution is 5.87. The Kier molecular flexibility index (Phi) is 4.83. The van der Waals surface area contributed by atoms with Crippen molar-refractivity contribution < 1.29 is 19.0 Å². The number of benzene rings is 2. The summed E-state index contributed by atoms with van der Waals surface area (Å²) in [7, 11) is 1.65. The van der Waals surface area contributed by atoms with Gasteiger partial charge in [-0.15, -0.1) is 0 Å². The van der Waals surface area contributed by atoms with E-state index in [0.717, 1.165) is 29.0 Å². The molecule has 0 spiro atoms. The van der Waals surface area contributed by atoms with Crippen LogP contribution in [-0.4, -0.2) is 26.4 Å². The lowest BCUT2D eigenvalue weighted by molar-refractivity contribution is -0.125. The number of ether oxygens (including phenoxy) is 3. The van der Waals surface area contributed by atoms with Gasteiger partial charge in [0.15, 0.2) is 11.5 Å². The second-order valence-corrected chi connectivity index (χ2v) is 6.55. The smallest absolute Gasteiger partial charge is 0.231 e. The molecule has 2 aromatic carbocycles. The number of hydrogen-bond donors (Lipinski definition) is 1. The number of hydrogen-bond acceptors (Lipinski definition) is 4. The molecule has 0 atom stereocenters. The van der Waals surface area contributed by atoms with Gasteiger partial charge in [-0.1, -0.05) is 18.2 Å². The number of rotatable bonds is 6. The molecule has 1 amide bonds. The second-order valence-electron chi connectivity index (χ2n) is 6.55. The quantitative estimate of drug-likeness (QED) is 0.877. The molecule has 0 aromatic heterocycles. The Morgan fingerprint density at radius 2 is 1.96 bits per heavy atom. The van der Waals surface area contributed by atoms with E-state index in [4.69, 9.17) is 14.2 Å². The average molecular weight is 341 g/mol. The molecule has 5 nitrogen and oxygen atoms in total. The van der Waals surface area contributed by atoms with Crippen LogP contribution in [0.1, 0.15) is 25.0 Å². The van der Waals surface area contributed by atoms with Gasteiger partial charge in [0.2, 0.25) is 12.7 Å². The first-order chi connectivity index (χ1) is 12.0. The van der Waals surface area contributed by atoms with Gasteiger partial charge >= 0.3 is 0 Å². The minimum absolute atomic E-state index is 0.0192. The zero-order valence-corrected chi connectivity index (χ0v) is 14.8. The number of amides is 1. The molecule has 0 bridgehead atoms. The van der Waals surface area contributed by atoms with Crippen LogP contribution in [0.4, 0.5) is 0 Å². The molecule has 0 fully saturated rings. The van der Waals surface area contributed by atoms with Crippen molar-refractivity contribution in [2.45, 2.75) is 25.7 Å². The van der Waals surface area contributed by atoms with Crippen LogP contribution in [-0.2, 0) is 16.6 Å². The molecule has 0 unspecified atom stereocenters. The van der Waals surface area contributed by atoms with Gasteiger partial charge in [0.1, 0.15) is 5.75 Å². The summed E-state index contributed by atoms with van der Waals surface area (Å²) in [5.74, 6) is 2.21. The minimum atomic E-state index is -0.657. The van der Waals surface area contributed by atoms with Crippen LogP contribution in [0.5, 0.6) is 17.2 Å². The topological polar surface area (TPSA) is 56.8 Å². The summed E-state index contributed by atoms with van der Waals surface area (Å²) >= 11 is 0. The predicted octanol–water partition coefficient (Wildman–Crippen LogP) is 3.06. The lowest BCUT2D eigenvalue weighted by atomic mass is 9.83. The fourth-order valence-corrected chi connectivity index (χ4v) is 2.79. The van der Waals surface area contributed by atoms with E-state index in [-0.39, 0.29) is 12.7 Å². The van der Waals surface area contributed by atoms with E-state index in [9.17, 15) is 4.79 Å². The first-order valence-electron chi connectivity index (χ1n) is 8.32. The minimum Gasteiger partial charge on any atom is -0.497 e. The number of carbonyl (C=O) groups is 1. The third-order valence-electron chi connectivity index (χ3n) is 4.50. The van der Waals surface area contributed by atoms with E-state index in [1.54, 1.807) is 7.11 Å². The summed E-state index contributed by atoms with van der Waals surface area (Å²) in [6.07, 6.45) is 0.750. The molecule has 1 aliphatic rings. The SMILES string of the molecule is COc1cccc(CCNC(=O)C(C)(C)c2ccc3c(c2)OCO3)c1. The highest BCUT2D eigenvalue weighted by Crippen LogP contribution is 2.36. The fraction of sp³-hybridized carbons (Fsp3) is 0.350. The summed E-state index contributed by atoms with van der Waals surface area (Å²) in [6.45, 7) is 4.61. The predicted molar refractivity (Wildman–Crippen MR) is 95.3 cm³/mol. The van der Waals surface area contributed by atoms with Crippen molar-refractivity contribution >= 4 is 5.91 Å². The monoisotopic (exact) mass is 341 g/mol. The second kappa shape index (κ2) is 7.05. The van der Waals surface area contributed by atoms with E-state index in [1.807, 2.05) is 56.3 Å². The molecule has 2 aromatic rings. The Morgan fingerprint density at radius 3 is 2.76 bits per heavy atom. The van der Waals surface area contributed by atoms with E-state index < -0.39 is 5.41 Å². The molecule has 1 heterocycles. The van der Waals surface area contributed by atoms with Crippen molar-refractivity contribution in [2.75, 3.05) is 20.4 Å². The summed E-state index contributed by atoms with van der Waals surface area (Å²) in [5.41, 5.74) is 1.37. The summed E-state index contributed by atoms with van der Waals surface area (Å²) < 4.78 is 16.0. The molecule has 0 aliphatic carbocycles. The van der Waals surface area contributed by atoms with Crippen LogP contribution in [0.3, 0.4) is 0 Å². The third-order valence-corrected chi connectivity index (χ3v) is 4.50. The fourth-order valence-electron chi connectivity index (χ4n) is 2.79. The Hall–Kier alpha value is -2.69. The lowest BCUT2D eigenvalue weighted by Crippen LogP contribution is -2.40. The first-order valence-corrected chi connectivity index (χ1v) is 8.32. The molecular weight excluding hydrogens is 318 g/mol. The largest absolute Gasteiger partial charge is 0.497 e. The molecule has 3 rings (SSSR count). The Balaban J connectivity index is 1.61. The highest BCUT2D eigenvalue weighted by atomic mass is 16.7. The average Bonchev–Trinajstić information content (AvgIpc) is 3.09. The summed E-state index contributed by atoms with van der Waals surface area (Å²) in [5, 5.41) is 3.02. The van der Waals surface area contributed by atoms with Crippen molar-refractivity contribution in [1.29, 1.82) is 0 Å². The maximum Gasteiger partial charge on any atom is 0.231 e. The molecule has 0 saturated heterocycles. The highest BCUT2D eigenvalue weighted by Gasteiger charge is 2.31. The van der Waals surface area contributed by atoms with Crippen molar-refractivity contribution in [3.05, 3.63) is 53.6 Å². The van der Waals surface area contributed by atoms with E-state index in [0.29, 0.717) is 12.3 Å². The molecule has 0 saturated carbocycles. The molecular formula is C20H23NO4. The molecule has 132 valence electrons. The molecule has 25 heavy (non-hydrogen) atoms. The van der Waals surface area contributed by atoms with Crippen molar-refractivity contribution in [3.63, 3.8) is 0 Å². The summed E-state index contributed by atoms with van der Waals surface area (Å²) in [6, 6.07) is 13.5. The van der Waals surface area contributed by atoms with E-state index in [1.165, 1.54) is 0 Å². The van der Waals surface area contributed by atoms with Crippen LogP contribution in [0.2, 0.25) is 0 Å². The van der Waals surface area contributed by atoms with Gasteiger partial charge in [-0.2, -0.15) is 0 Å². The zero-order valence-electron chi connectivity index (χ0n) is 14.8. The molecule has 0 radical (unpaired) electrons. The maximum atomic E-state index is 12.7. The van der Waals surface area contributed by atoms with Crippen LogP contribution in [0, 0.1) is 0 Å². The molecule has 1 N–H and O–H groups in total. The van der Waals surface area contributed by atoms with Crippen molar-refractivity contribution in [2.24, 2.45) is 0 Å². The van der Waals surface area contributed by atoms with Crippen LogP contribution < -0.4 is 19.5 Å². The van der Waals surface area contributed by atoms with Gasteiger partial charge in [0.25, 0.3) is 0 Å². The van der Waals surface area contributed by atoms with Gasteiger partial charge in [0.05, 0.1) is 12.5 Å². The Labute approximate surface area is 147 Å². The number of nitrogens with one attached hydrogen (secondary N) is 1. The number of methoxy groups -OCH3 is 1. The van der Waals surface area contributed by atoms with E-state index in [2.05, 4.69) is 5.32 Å². The Morgan fingerprint density at radius 1 is 1.16 bits per heavy atom. The normalized spacial score (nSPS) is 12.8. The van der Waals surface area contributed by atoms with Gasteiger partial charge in [0, 0.05) is 6.54 Å². The molecule has 5 heteroatoms. The van der Waals surface area contributed by atoms with Crippen molar-refractivity contribution in [3.8, 4) is 17.2 Å². The lowest BCUT2D eigenvalue weighted by Gasteiger charge is -2.24. The van der Waals surface area contributed by atoms with Crippen LogP contribution >= 0.6 is 0 Å². The van der Waals surface area contributed by atoms with Crippen LogP contribution in [0.15, 0.2) is 42.5 Å². The third kappa shape index (κ3) is 3.71. The maximum absolute atomic E-state index is 12.7. The van der Waals surface area contributed by atoms with E-state index >= 15 is 0 Å². The van der Waals surface area contributed by atoms with Crippen molar-refractivity contribution in [1.82, 2.24) is 5.32 Å². The zero-order chi connectivity index (χ0) is 17.9. The standard InChI is InChI=1S/C20H23NO4/c1-20(2,15-7-8-17-18(12-15)25-13-24-17)19(22)21-10-9-14-5-4-6-16(11-14)23-3/h4-8,11-12H,9-10,13H2,1-3H3,(H,21,22). The number of carbonyl (C=O) groups excluding carboxylic acids is 1. The Bertz CT molecular complexity index is 770. The van der Waals surface area contributed by atoms with Gasteiger partial charge in [-0.05, 0) is 55.7 Å². The van der Waals surface area contributed by atoms with Gasteiger partial charge in [-0.25, -0.2) is 0 Å². The van der Waals surface area contributed by atoms with Crippen LogP contribution in [0.25, 0.3) is 0 Å². The van der Waals surface area contributed by atoms with Gasteiger partial charge in [-0.3, -0.25) is 4.79 Å². The summed E-state index contributed by atoms with van der Waals surface area (Å²) in [4.78, 5) is 12.7. The molecule has 1 aliphatic heterocycles. The van der Waals surface area contributed by atoms with Gasteiger partial charge < -0.3 is 19.5 Å². The first kappa shape index (κ1) is 17.1.